The number of halogens is 1. The molecule has 4 N–H and O–H groups in total. The average Bonchev–Trinajstić information content (AvgIpc) is 2.73. The minimum atomic E-state index is -0.820. The predicted molar refractivity (Wildman–Crippen MR) is 118 cm³/mol. The normalized spacial score (nSPS) is 17.5. The number of aryl methyl sites for hydroxylation is 1. The minimum absolute atomic E-state index is 0. The molecule has 1 aliphatic rings. The molecule has 4 nitrogen and oxygen atoms in total. The number of aliphatic carboxylic acids is 1. The maximum absolute atomic E-state index is 11.8. The minimum Gasteiger partial charge on any atom is -1.00 e. The van der Waals surface area contributed by atoms with Gasteiger partial charge in [0, 0.05) is 12.0 Å². The van der Waals surface area contributed by atoms with Crippen molar-refractivity contribution in [3.8, 4) is 22.6 Å². The van der Waals surface area contributed by atoms with Crippen molar-refractivity contribution in [1.82, 2.24) is 0 Å². The van der Waals surface area contributed by atoms with Gasteiger partial charge < -0.3 is 28.0 Å². The van der Waals surface area contributed by atoms with Crippen LogP contribution in [-0.4, -0.2) is 17.1 Å². The highest BCUT2D eigenvalue weighted by atomic mass is 35.5. The second-order valence-electron chi connectivity index (χ2n) is 8.35. The van der Waals surface area contributed by atoms with Crippen LogP contribution in [0.4, 0.5) is 0 Å². The molecule has 2 unspecified atom stereocenters. The molecule has 0 fully saturated rings. The van der Waals surface area contributed by atoms with Crippen molar-refractivity contribution in [2.45, 2.75) is 44.6 Å². The maximum atomic E-state index is 11.8. The molecule has 0 spiro atoms. The topological polar surface area (TPSA) is 74.2 Å². The third-order valence-corrected chi connectivity index (χ3v) is 5.95. The van der Waals surface area contributed by atoms with Gasteiger partial charge in [-0.1, -0.05) is 62.4 Å². The summed E-state index contributed by atoms with van der Waals surface area (Å²) in [6.07, 6.45) is 1.64. The van der Waals surface area contributed by atoms with Crippen molar-refractivity contribution < 1.29 is 32.8 Å². The Kier molecular flexibility index (Phi) is 7.04. The number of hydrogen-bond donors (Lipinski definition) is 2. The fraction of sp³-hybridized carbons (Fsp3) is 0.269. The molecule has 0 saturated heterocycles. The number of carbonyl (C=O) groups is 1. The van der Waals surface area contributed by atoms with E-state index in [0.29, 0.717) is 11.7 Å². The molecule has 2 atom stereocenters. The summed E-state index contributed by atoms with van der Waals surface area (Å²) in [5.41, 5.74) is 9.37. The van der Waals surface area contributed by atoms with Gasteiger partial charge in [-0.2, -0.15) is 0 Å². The van der Waals surface area contributed by atoms with Crippen molar-refractivity contribution >= 4 is 5.97 Å². The Morgan fingerprint density at radius 1 is 1.06 bits per heavy atom. The van der Waals surface area contributed by atoms with E-state index in [2.05, 4.69) is 49.9 Å². The van der Waals surface area contributed by atoms with Gasteiger partial charge in [-0.3, -0.25) is 4.79 Å². The molecule has 0 aromatic heterocycles. The summed E-state index contributed by atoms with van der Waals surface area (Å²) < 4.78 is 6.28. The summed E-state index contributed by atoms with van der Waals surface area (Å²) in [5.74, 6) is 0.449. The Hall–Kier alpha value is -2.82. The molecule has 162 valence electrons. The molecule has 1 aliphatic carbocycles. The summed E-state index contributed by atoms with van der Waals surface area (Å²) in [6.45, 7) is 4.37. The van der Waals surface area contributed by atoms with Gasteiger partial charge in [0.2, 0.25) is 0 Å². The van der Waals surface area contributed by atoms with Gasteiger partial charge in [0.1, 0.15) is 23.5 Å². The van der Waals surface area contributed by atoms with Gasteiger partial charge in [0.15, 0.2) is 0 Å². The lowest BCUT2D eigenvalue weighted by Gasteiger charge is -2.26. The van der Waals surface area contributed by atoms with E-state index >= 15 is 0 Å². The van der Waals surface area contributed by atoms with E-state index < -0.39 is 11.9 Å². The quantitative estimate of drug-likeness (QED) is 0.641. The molecule has 0 radical (unpaired) electrons. The molecule has 31 heavy (non-hydrogen) atoms. The Balaban J connectivity index is 0.00000272. The molecule has 0 amide bonds. The third kappa shape index (κ3) is 4.76. The standard InChI is InChI=1S/C26H27NO3.ClH/c1-16(2)18-6-5-7-19(14-18)21-8-3-4-9-24(21)30-20-12-10-17-11-13-23(27)25(26(28)29)22(17)15-20;/h3-10,12,14-16,23,25H,11,13,27H2,1-2H3,(H,28,29);1H. The first-order valence-corrected chi connectivity index (χ1v) is 10.5. The van der Waals surface area contributed by atoms with E-state index in [0.717, 1.165) is 40.8 Å². The fourth-order valence-electron chi connectivity index (χ4n) is 4.24. The summed E-state index contributed by atoms with van der Waals surface area (Å²) >= 11 is 0. The predicted octanol–water partition coefficient (Wildman–Crippen LogP) is 2.00. The zero-order valence-electron chi connectivity index (χ0n) is 17.8. The summed E-state index contributed by atoms with van der Waals surface area (Å²) in [6, 6.07) is 22.2. The second-order valence-corrected chi connectivity index (χ2v) is 8.35. The van der Waals surface area contributed by atoms with E-state index in [1.165, 1.54) is 5.56 Å². The number of benzene rings is 3. The number of para-hydroxylation sites is 1. The van der Waals surface area contributed by atoms with E-state index in [1.54, 1.807) is 0 Å². The highest BCUT2D eigenvalue weighted by Crippen LogP contribution is 2.37. The van der Waals surface area contributed by atoms with Crippen molar-refractivity contribution in [3.63, 3.8) is 0 Å². The Morgan fingerprint density at radius 2 is 1.84 bits per heavy atom. The third-order valence-electron chi connectivity index (χ3n) is 5.95. The number of ether oxygens (including phenoxy) is 1. The van der Waals surface area contributed by atoms with Crippen LogP contribution in [0.2, 0.25) is 0 Å². The van der Waals surface area contributed by atoms with Gasteiger partial charge >= 0.3 is 5.97 Å². The number of fused-ring (bicyclic) bond motifs is 1. The first-order valence-electron chi connectivity index (χ1n) is 10.5. The van der Waals surface area contributed by atoms with Gasteiger partial charge in [0.25, 0.3) is 0 Å². The molecular formula is C26H28ClNO3. The number of rotatable bonds is 5. The van der Waals surface area contributed by atoms with Crippen LogP contribution < -0.4 is 22.9 Å². The highest BCUT2D eigenvalue weighted by molar-refractivity contribution is 5.78. The number of carboxylic acid groups (broad SMARTS) is 1. The van der Waals surface area contributed by atoms with E-state index in [9.17, 15) is 9.90 Å². The highest BCUT2D eigenvalue weighted by Gasteiger charge is 2.35. The van der Waals surface area contributed by atoms with Crippen molar-refractivity contribution in [1.29, 1.82) is 0 Å². The molecule has 3 aromatic carbocycles. The Labute approximate surface area is 189 Å². The summed E-state index contributed by atoms with van der Waals surface area (Å²) in [7, 11) is 0. The Bertz CT molecular complexity index is 1080. The number of hydrogen-bond acceptors (Lipinski definition) is 2. The van der Waals surface area contributed by atoms with Crippen molar-refractivity contribution in [2.24, 2.45) is 0 Å². The van der Waals surface area contributed by atoms with Crippen LogP contribution >= 0.6 is 0 Å². The van der Waals surface area contributed by atoms with Crippen LogP contribution in [0.1, 0.15) is 48.8 Å². The SMILES string of the molecule is CC(C)c1cccc(-c2ccccc2Oc2ccc3c(c2)C(C(=O)O)C([NH3+])CC3)c1.[Cl-]. The van der Waals surface area contributed by atoms with Crippen LogP contribution in [-0.2, 0) is 11.2 Å². The first-order chi connectivity index (χ1) is 14.4. The molecular weight excluding hydrogens is 410 g/mol. The van der Waals surface area contributed by atoms with E-state index in [1.807, 2.05) is 36.4 Å². The van der Waals surface area contributed by atoms with Gasteiger partial charge in [-0.05, 0) is 52.8 Å². The zero-order valence-corrected chi connectivity index (χ0v) is 18.6. The monoisotopic (exact) mass is 437 g/mol. The zero-order chi connectivity index (χ0) is 21.3. The molecule has 0 heterocycles. The van der Waals surface area contributed by atoms with Crippen molar-refractivity contribution in [3.05, 3.63) is 83.4 Å². The van der Waals surface area contributed by atoms with Crippen LogP contribution in [0.3, 0.4) is 0 Å². The van der Waals surface area contributed by atoms with E-state index in [-0.39, 0.29) is 18.4 Å². The lowest BCUT2D eigenvalue weighted by Crippen LogP contribution is -3.00. The van der Waals surface area contributed by atoms with Gasteiger partial charge in [-0.25, -0.2) is 0 Å². The maximum Gasteiger partial charge on any atom is 0.317 e. The lowest BCUT2D eigenvalue weighted by molar-refractivity contribution is -0.425. The molecule has 0 bridgehead atoms. The van der Waals surface area contributed by atoms with Crippen LogP contribution in [0.25, 0.3) is 11.1 Å². The van der Waals surface area contributed by atoms with E-state index in [4.69, 9.17) is 4.74 Å². The molecule has 4 rings (SSSR count). The molecule has 3 aromatic rings. The average molecular weight is 438 g/mol. The molecule has 0 aliphatic heterocycles. The smallest absolute Gasteiger partial charge is 0.317 e. The van der Waals surface area contributed by atoms with Crippen LogP contribution in [0, 0.1) is 0 Å². The first kappa shape index (κ1) is 22.9. The lowest BCUT2D eigenvalue weighted by atomic mass is 9.79. The fourth-order valence-corrected chi connectivity index (χ4v) is 4.24. The largest absolute Gasteiger partial charge is 1.00 e. The summed E-state index contributed by atoms with van der Waals surface area (Å²) in [4.78, 5) is 11.8. The molecule has 0 saturated carbocycles. The second kappa shape index (κ2) is 9.54. The van der Waals surface area contributed by atoms with Crippen LogP contribution in [0.15, 0.2) is 66.7 Å². The summed E-state index contributed by atoms with van der Waals surface area (Å²) in [5, 5.41) is 9.72. The number of carboxylic acids is 1. The van der Waals surface area contributed by atoms with Crippen molar-refractivity contribution in [2.75, 3.05) is 0 Å². The molecule has 5 heteroatoms. The Morgan fingerprint density at radius 3 is 2.58 bits per heavy atom. The van der Waals surface area contributed by atoms with Crippen LogP contribution in [0.5, 0.6) is 11.5 Å². The van der Waals surface area contributed by atoms with Gasteiger partial charge in [-0.15, -0.1) is 0 Å². The number of quaternary nitrogens is 1. The van der Waals surface area contributed by atoms with Gasteiger partial charge in [0.05, 0.1) is 0 Å².